The second-order valence-corrected chi connectivity index (χ2v) is 6.28. The van der Waals surface area contributed by atoms with Crippen molar-refractivity contribution in [2.75, 3.05) is 44.2 Å². The second kappa shape index (κ2) is 6.21. The monoisotopic (exact) mass is 314 g/mol. The molecule has 0 aliphatic carbocycles. The van der Waals surface area contributed by atoms with Crippen LogP contribution in [0.3, 0.4) is 0 Å². The van der Waals surface area contributed by atoms with Gasteiger partial charge >= 0.3 is 0 Å². The summed E-state index contributed by atoms with van der Waals surface area (Å²) in [6.07, 6.45) is 5.38. The van der Waals surface area contributed by atoms with E-state index in [2.05, 4.69) is 34.9 Å². The molecule has 0 radical (unpaired) electrons. The second-order valence-electron chi connectivity index (χ2n) is 6.28. The van der Waals surface area contributed by atoms with Crippen LogP contribution < -0.4 is 4.90 Å². The first kappa shape index (κ1) is 14.5. The van der Waals surface area contributed by atoms with Gasteiger partial charge in [0.2, 0.25) is 5.95 Å². The van der Waals surface area contributed by atoms with Crippen molar-refractivity contribution in [2.24, 2.45) is 7.05 Å². The highest BCUT2D eigenvalue weighted by molar-refractivity contribution is 5.29. The molecule has 0 spiro atoms. The Bertz CT molecular complexity index is 628. The smallest absolute Gasteiger partial charge is 0.225 e. The molecule has 8 heteroatoms. The molecule has 0 bridgehead atoms. The minimum atomic E-state index is 0.669. The maximum absolute atomic E-state index is 4.34. The van der Waals surface area contributed by atoms with Crippen LogP contribution in [-0.2, 0) is 13.6 Å². The Labute approximate surface area is 135 Å². The van der Waals surface area contributed by atoms with Gasteiger partial charge in [-0.1, -0.05) is 0 Å². The van der Waals surface area contributed by atoms with Gasteiger partial charge in [-0.2, -0.15) is 0 Å². The summed E-state index contributed by atoms with van der Waals surface area (Å²) in [6, 6.07) is 2.53. The molecule has 122 valence electrons. The minimum Gasteiger partial charge on any atom is -0.338 e. The standard InChI is InChI=1S/C15H22N8/c1-20-12-18-19-14(20)11-21-9-13(10-21)22-5-7-23(8-6-22)15-16-3-2-4-17-15/h2-4,12-13H,5-11H2,1H3. The van der Waals surface area contributed by atoms with E-state index in [4.69, 9.17) is 0 Å². The third-order valence-electron chi connectivity index (χ3n) is 4.77. The molecule has 23 heavy (non-hydrogen) atoms. The van der Waals surface area contributed by atoms with Gasteiger partial charge in [-0.15, -0.1) is 10.2 Å². The highest BCUT2D eigenvalue weighted by atomic mass is 15.4. The Morgan fingerprint density at radius 2 is 1.83 bits per heavy atom. The van der Waals surface area contributed by atoms with Crippen molar-refractivity contribution < 1.29 is 0 Å². The van der Waals surface area contributed by atoms with E-state index in [-0.39, 0.29) is 0 Å². The van der Waals surface area contributed by atoms with Gasteiger partial charge in [0.1, 0.15) is 12.2 Å². The van der Waals surface area contributed by atoms with Gasteiger partial charge in [-0.3, -0.25) is 9.80 Å². The number of likely N-dealkylation sites (tertiary alicyclic amines) is 1. The molecule has 4 heterocycles. The average Bonchev–Trinajstić information content (AvgIpc) is 2.97. The van der Waals surface area contributed by atoms with Crippen LogP contribution in [0.25, 0.3) is 0 Å². The molecule has 8 nitrogen and oxygen atoms in total. The molecule has 2 aliphatic rings. The number of aryl methyl sites for hydroxylation is 1. The predicted octanol–water partition coefficient (Wildman–Crippen LogP) is -0.388. The molecular weight excluding hydrogens is 292 g/mol. The van der Waals surface area contributed by atoms with Crippen LogP contribution in [0, 0.1) is 0 Å². The number of aromatic nitrogens is 5. The summed E-state index contributed by atoms with van der Waals surface area (Å²) >= 11 is 0. The molecule has 2 fully saturated rings. The van der Waals surface area contributed by atoms with E-state index in [1.165, 1.54) is 0 Å². The van der Waals surface area contributed by atoms with Crippen LogP contribution in [0.5, 0.6) is 0 Å². The molecule has 0 amide bonds. The molecule has 2 aliphatic heterocycles. The van der Waals surface area contributed by atoms with Crippen molar-refractivity contribution >= 4 is 5.95 Å². The molecule has 2 aromatic rings. The van der Waals surface area contributed by atoms with E-state index in [1.807, 2.05) is 30.1 Å². The Morgan fingerprint density at radius 1 is 1.09 bits per heavy atom. The fourth-order valence-electron chi connectivity index (χ4n) is 3.29. The number of nitrogens with zero attached hydrogens (tertiary/aromatic N) is 8. The number of piperazine rings is 1. The fraction of sp³-hybridized carbons (Fsp3) is 0.600. The minimum absolute atomic E-state index is 0.669. The number of rotatable bonds is 4. The van der Waals surface area contributed by atoms with Crippen molar-refractivity contribution in [2.45, 2.75) is 12.6 Å². The Morgan fingerprint density at radius 3 is 2.48 bits per heavy atom. The van der Waals surface area contributed by atoms with Gasteiger partial charge in [0.25, 0.3) is 0 Å². The quantitative estimate of drug-likeness (QED) is 0.761. The molecule has 0 aromatic carbocycles. The molecule has 4 rings (SSSR count). The van der Waals surface area contributed by atoms with Crippen LogP contribution in [0.1, 0.15) is 5.82 Å². The Hall–Kier alpha value is -2.06. The molecular formula is C15H22N8. The van der Waals surface area contributed by atoms with Crippen molar-refractivity contribution in [3.8, 4) is 0 Å². The predicted molar refractivity (Wildman–Crippen MR) is 85.9 cm³/mol. The maximum Gasteiger partial charge on any atom is 0.225 e. The normalized spacial score (nSPS) is 20.7. The summed E-state index contributed by atoms with van der Waals surface area (Å²) in [5.74, 6) is 1.89. The summed E-state index contributed by atoms with van der Waals surface area (Å²) in [5.41, 5.74) is 0. The van der Waals surface area contributed by atoms with Crippen molar-refractivity contribution in [1.82, 2.24) is 34.5 Å². The van der Waals surface area contributed by atoms with Crippen LogP contribution in [0.15, 0.2) is 24.8 Å². The van der Waals surface area contributed by atoms with Crippen LogP contribution in [-0.4, -0.2) is 79.8 Å². The summed E-state index contributed by atoms with van der Waals surface area (Å²) in [4.78, 5) is 16.0. The summed E-state index contributed by atoms with van der Waals surface area (Å²) in [6.45, 7) is 7.31. The Kier molecular flexibility index (Phi) is 3.92. The number of anilines is 1. The van der Waals surface area contributed by atoms with E-state index in [1.54, 1.807) is 6.33 Å². The topological polar surface area (TPSA) is 66.2 Å². The zero-order valence-corrected chi connectivity index (χ0v) is 13.4. The first-order valence-electron chi connectivity index (χ1n) is 8.11. The van der Waals surface area contributed by atoms with E-state index >= 15 is 0 Å². The first-order chi connectivity index (χ1) is 11.3. The number of hydrogen-bond acceptors (Lipinski definition) is 7. The van der Waals surface area contributed by atoms with E-state index in [0.717, 1.165) is 57.6 Å². The van der Waals surface area contributed by atoms with Gasteiger partial charge < -0.3 is 9.47 Å². The zero-order valence-electron chi connectivity index (χ0n) is 13.4. The molecule has 0 N–H and O–H groups in total. The zero-order chi connectivity index (χ0) is 15.6. The molecule has 2 aromatic heterocycles. The first-order valence-corrected chi connectivity index (χ1v) is 8.11. The molecule has 0 unspecified atom stereocenters. The van der Waals surface area contributed by atoms with E-state index in [0.29, 0.717) is 6.04 Å². The number of hydrogen-bond donors (Lipinski definition) is 0. The average molecular weight is 314 g/mol. The largest absolute Gasteiger partial charge is 0.338 e. The third-order valence-corrected chi connectivity index (χ3v) is 4.77. The highest BCUT2D eigenvalue weighted by Crippen LogP contribution is 2.19. The van der Waals surface area contributed by atoms with Gasteiger partial charge in [-0.25, -0.2) is 9.97 Å². The molecule has 2 saturated heterocycles. The van der Waals surface area contributed by atoms with E-state index in [9.17, 15) is 0 Å². The lowest BCUT2D eigenvalue weighted by molar-refractivity contribution is 0.0234. The maximum atomic E-state index is 4.34. The lowest BCUT2D eigenvalue weighted by Crippen LogP contribution is -2.62. The van der Waals surface area contributed by atoms with Crippen molar-refractivity contribution in [3.63, 3.8) is 0 Å². The van der Waals surface area contributed by atoms with Crippen LogP contribution in [0.4, 0.5) is 5.95 Å². The van der Waals surface area contributed by atoms with Crippen LogP contribution in [0.2, 0.25) is 0 Å². The van der Waals surface area contributed by atoms with E-state index < -0.39 is 0 Å². The third kappa shape index (κ3) is 3.04. The van der Waals surface area contributed by atoms with Gasteiger partial charge in [0.15, 0.2) is 0 Å². The van der Waals surface area contributed by atoms with Gasteiger partial charge in [0.05, 0.1) is 6.54 Å². The lowest BCUT2D eigenvalue weighted by Gasteiger charge is -2.48. The van der Waals surface area contributed by atoms with Gasteiger partial charge in [0, 0.05) is 64.8 Å². The SMILES string of the molecule is Cn1cnnc1CN1CC(N2CCN(c3ncccn3)CC2)C1. The Balaban J connectivity index is 1.24. The summed E-state index contributed by atoms with van der Waals surface area (Å²) in [7, 11) is 2.00. The van der Waals surface area contributed by atoms with Gasteiger partial charge in [-0.05, 0) is 6.07 Å². The fourth-order valence-corrected chi connectivity index (χ4v) is 3.29. The van der Waals surface area contributed by atoms with Crippen molar-refractivity contribution in [3.05, 3.63) is 30.6 Å². The summed E-state index contributed by atoms with van der Waals surface area (Å²) < 4.78 is 1.99. The summed E-state index contributed by atoms with van der Waals surface area (Å²) in [5, 5.41) is 8.09. The molecule has 0 atom stereocenters. The lowest BCUT2D eigenvalue weighted by atomic mass is 10.1. The van der Waals surface area contributed by atoms with Crippen LogP contribution >= 0.6 is 0 Å². The molecule has 0 saturated carbocycles. The van der Waals surface area contributed by atoms with Crippen molar-refractivity contribution in [1.29, 1.82) is 0 Å². The highest BCUT2D eigenvalue weighted by Gasteiger charge is 2.34.